The van der Waals surface area contributed by atoms with E-state index in [2.05, 4.69) is 115 Å². The fourth-order valence-electron chi connectivity index (χ4n) is 4.97. The molecule has 1 N–H and O–H groups in total. The molecule has 0 unspecified atom stereocenters. The Labute approximate surface area is 197 Å². The largest absolute Gasteiger partial charge is 0.455 e. The Morgan fingerprint density at radius 3 is 2.12 bits per heavy atom. The molecule has 0 bridgehead atoms. The summed E-state index contributed by atoms with van der Waals surface area (Å²) in [4.78, 5) is 0. The van der Waals surface area contributed by atoms with Crippen LogP contribution in [-0.4, -0.2) is 0 Å². The molecule has 160 valence electrons. The number of hydrogen-bond donors (Lipinski definition) is 1. The van der Waals surface area contributed by atoms with Crippen molar-refractivity contribution in [3.05, 3.63) is 121 Å². The van der Waals surface area contributed by atoms with Gasteiger partial charge in [0.05, 0.1) is 0 Å². The second-order valence-electron chi connectivity index (χ2n) is 8.71. The summed E-state index contributed by atoms with van der Waals surface area (Å²) < 4.78 is 6.19. The van der Waals surface area contributed by atoms with Gasteiger partial charge in [-0.2, -0.15) is 0 Å². The smallest absolute Gasteiger partial charge is 0.143 e. The number of benzene rings is 6. The van der Waals surface area contributed by atoms with Crippen LogP contribution in [0.5, 0.6) is 0 Å². The first kappa shape index (κ1) is 19.0. The molecule has 0 atom stereocenters. The third-order valence-electron chi connectivity index (χ3n) is 6.63. The normalized spacial score (nSPS) is 11.5. The van der Waals surface area contributed by atoms with E-state index in [0.29, 0.717) is 0 Å². The Morgan fingerprint density at radius 2 is 1.21 bits per heavy atom. The molecular formula is C32H21NO. The zero-order valence-corrected chi connectivity index (χ0v) is 18.5. The summed E-state index contributed by atoms with van der Waals surface area (Å²) in [6, 6.07) is 42.6. The number of hydrogen-bond acceptors (Lipinski definition) is 2. The van der Waals surface area contributed by atoms with Crippen LogP contribution in [0.1, 0.15) is 0 Å². The molecule has 6 aromatic carbocycles. The summed E-state index contributed by atoms with van der Waals surface area (Å²) in [6.07, 6.45) is 0. The minimum absolute atomic E-state index is 0.929. The van der Waals surface area contributed by atoms with Gasteiger partial charge in [-0.3, -0.25) is 0 Å². The first-order valence-corrected chi connectivity index (χ1v) is 11.5. The van der Waals surface area contributed by atoms with Gasteiger partial charge in [-0.05, 0) is 69.8 Å². The van der Waals surface area contributed by atoms with Crippen molar-refractivity contribution in [3.8, 4) is 11.1 Å². The van der Waals surface area contributed by atoms with Gasteiger partial charge in [0.25, 0.3) is 0 Å². The SMILES string of the molecule is c1ccc2c(-c3ccc(Nc4ccc5c(ccc6c7ccccc7oc56)c4)cc3)cccc2c1. The fraction of sp³-hybridized carbons (Fsp3) is 0. The lowest BCUT2D eigenvalue weighted by molar-refractivity contribution is 0.672. The highest BCUT2D eigenvalue weighted by Crippen LogP contribution is 2.35. The van der Waals surface area contributed by atoms with Gasteiger partial charge in [-0.25, -0.2) is 0 Å². The molecule has 1 aromatic heterocycles. The lowest BCUT2D eigenvalue weighted by atomic mass is 9.98. The predicted molar refractivity (Wildman–Crippen MR) is 144 cm³/mol. The van der Waals surface area contributed by atoms with Crippen molar-refractivity contribution in [2.75, 3.05) is 5.32 Å². The Kier molecular flexibility index (Phi) is 4.18. The highest BCUT2D eigenvalue weighted by atomic mass is 16.3. The summed E-state index contributed by atoms with van der Waals surface area (Å²) in [6.45, 7) is 0. The minimum atomic E-state index is 0.929. The molecule has 34 heavy (non-hydrogen) atoms. The zero-order valence-electron chi connectivity index (χ0n) is 18.5. The lowest BCUT2D eigenvalue weighted by Gasteiger charge is -2.10. The maximum atomic E-state index is 6.19. The Balaban J connectivity index is 1.22. The minimum Gasteiger partial charge on any atom is -0.455 e. The van der Waals surface area contributed by atoms with Gasteiger partial charge in [-0.1, -0.05) is 78.9 Å². The van der Waals surface area contributed by atoms with Crippen molar-refractivity contribution in [2.45, 2.75) is 0 Å². The molecule has 0 fully saturated rings. The van der Waals surface area contributed by atoms with E-state index in [1.54, 1.807) is 0 Å². The van der Waals surface area contributed by atoms with E-state index in [9.17, 15) is 0 Å². The zero-order chi connectivity index (χ0) is 22.5. The summed E-state index contributed by atoms with van der Waals surface area (Å²) >= 11 is 0. The van der Waals surface area contributed by atoms with Crippen LogP contribution in [0.15, 0.2) is 126 Å². The average molecular weight is 436 g/mol. The topological polar surface area (TPSA) is 25.2 Å². The lowest BCUT2D eigenvalue weighted by Crippen LogP contribution is -1.90. The van der Waals surface area contributed by atoms with E-state index in [4.69, 9.17) is 4.42 Å². The molecule has 7 rings (SSSR count). The molecule has 0 radical (unpaired) electrons. The second-order valence-corrected chi connectivity index (χ2v) is 8.71. The van der Waals surface area contributed by atoms with Gasteiger partial charge >= 0.3 is 0 Å². The molecule has 0 amide bonds. The standard InChI is InChI=1S/C32H21NO/c1-2-8-26-21(6-1)7-5-10-27(26)22-12-15-24(16-13-22)33-25-17-19-28-23(20-25)14-18-30-29-9-3-4-11-31(29)34-32(28)30/h1-20,33H. The first-order valence-electron chi connectivity index (χ1n) is 11.5. The summed E-state index contributed by atoms with van der Waals surface area (Å²) in [7, 11) is 0. The molecule has 0 aliphatic heterocycles. The van der Waals surface area contributed by atoms with Crippen LogP contribution in [0.2, 0.25) is 0 Å². The van der Waals surface area contributed by atoms with Gasteiger partial charge in [0, 0.05) is 27.5 Å². The first-order chi connectivity index (χ1) is 16.8. The van der Waals surface area contributed by atoms with Crippen molar-refractivity contribution in [1.29, 1.82) is 0 Å². The number of rotatable bonds is 3. The molecule has 7 aromatic rings. The van der Waals surface area contributed by atoms with Gasteiger partial charge in [-0.15, -0.1) is 0 Å². The number of furan rings is 1. The molecule has 0 aliphatic carbocycles. The van der Waals surface area contributed by atoms with Gasteiger partial charge in [0.1, 0.15) is 11.2 Å². The predicted octanol–water partition coefficient (Wildman–Crippen LogP) is 9.30. The third kappa shape index (κ3) is 3.04. The maximum Gasteiger partial charge on any atom is 0.143 e. The highest BCUT2D eigenvalue weighted by Gasteiger charge is 2.10. The molecule has 2 nitrogen and oxygen atoms in total. The summed E-state index contributed by atoms with van der Waals surface area (Å²) in [5, 5.41) is 10.7. The monoisotopic (exact) mass is 435 g/mol. The highest BCUT2D eigenvalue weighted by molar-refractivity contribution is 6.15. The molecular weight excluding hydrogens is 414 g/mol. The number of para-hydroxylation sites is 1. The van der Waals surface area contributed by atoms with E-state index >= 15 is 0 Å². The molecule has 0 spiro atoms. The van der Waals surface area contributed by atoms with Crippen molar-refractivity contribution in [1.82, 2.24) is 0 Å². The van der Waals surface area contributed by atoms with Crippen LogP contribution in [0.4, 0.5) is 11.4 Å². The Morgan fingerprint density at radius 1 is 0.471 bits per heavy atom. The molecule has 0 saturated heterocycles. The Bertz CT molecular complexity index is 1820. The Hall–Kier alpha value is -4.56. The summed E-state index contributed by atoms with van der Waals surface area (Å²) in [5.74, 6) is 0. The van der Waals surface area contributed by atoms with Crippen LogP contribution < -0.4 is 5.32 Å². The maximum absolute atomic E-state index is 6.19. The van der Waals surface area contributed by atoms with Gasteiger partial charge in [0.2, 0.25) is 0 Å². The van der Waals surface area contributed by atoms with Gasteiger partial charge in [0.15, 0.2) is 0 Å². The third-order valence-corrected chi connectivity index (χ3v) is 6.63. The molecule has 0 saturated carbocycles. The van der Waals surface area contributed by atoms with Crippen LogP contribution in [-0.2, 0) is 0 Å². The number of fused-ring (bicyclic) bond motifs is 6. The van der Waals surface area contributed by atoms with Crippen LogP contribution in [0.3, 0.4) is 0 Å². The van der Waals surface area contributed by atoms with Crippen LogP contribution >= 0.6 is 0 Å². The van der Waals surface area contributed by atoms with Crippen LogP contribution in [0, 0.1) is 0 Å². The molecule has 2 heteroatoms. The average Bonchev–Trinajstić information content (AvgIpc) is 3.28. The van der Waals surface area contributed by atoms with Crippen molar-refractivity contribution in [3.63, 3.8) is 0 Å². The second kappa shape index (κ2) is 7.50. The van der Waals surface area contributed by atoms with E-state index in [0.717, 1.165) is 44.1 Å². The number of nitrogens with one attached hydrogen (secondary N) is 1. The molecule has 0 aliphatic rings. The van der Waals surface area contributed by atoms with E-state index < -0.39 is 0 Å². The number of anilines is 2. The molecule has 1 heterocycles. The van der Waals surface area contributed by atoms with Crippen LogP contribution in [0.25, 0.3) is 54.6 Å². The fourth-order valence-corrected chi connectivity index (χ4v) is 4.97. The summed E-state index contributed by atoms with van der Waals surface area (Å²) in [5.41, 5.74) is 6.47. The quantitative estimate of drug-likeness (QED) is 0.299. The van der Waals surface area contributed by atoms with Crippen molar-refractivity contribution >= 4 is 54.9 Å². The van der Waals surface area contributed by atoms with E-state index in [-0.39, 0.29) is 0 Å². The van der Waals surface area contributed by atoms with E-state index in [1.807, 2.05) is 12.1 Å². The van der Waals surface area contributed by atoms with Crippen molar-refractivity contribution < 1.29 is 4.42 Å². The van der Waals surface area contributed by atoms with E-state index in [1.165, 1.54) is 21.9 Å². The van der Waals surface area contributed by atoms with Crippen molar-refractivity contribution in [2.24, 2.45) is 0 Å². The van der Waals surface area contributed by atoms with Gasteiger partial charge < -0.3 is 9.73 Å².